The van der Waals surface area contributed by atoms with E-state index in [1.165, 1.54) is 43.0 Å². The van der Waals surface area contributed by atoms with Crippen molar-refractivity contribution in [2.45, 2.75) is 52.4 Å². The molecule has 1 aromatic carbocycles. The van der Waals surface area contributed by atoms with Crippen molar-refractivity contribution in [3.8, 4) is 0 Å². The lowest BCUT2D eigenvalue weighted by atomic mass is 10.00. The van der Waals surface area contributed by atoms with E-state index in [0.29, 0.717) is 11.4 Å². The Morgan fingerprint density at radius 2 is 1.72 bits per heavy atom. The molecular formula is C20H24N2O2S. The first kappa shape index (κ1) is 17.7. The lowest BCUT2D eigenvalue weighted by Gasteiger charge is -2.11. The highest BCUT2D eigenvalue weighted by atomic mass is 32.1. The number of anilines is 2. The highest BCUT2D eigenvalue weighted by molar-refractivity contribution is 7.14. The second-order valence-electron chi connectivity index (χ2n) is 6.66. The first-order valence-electron chi connectivity index (χ1n) is 8.84. The molecule has 0 saturated heterocycles. The molecule has 1 aliphatic carbocycles. The van der Waals surface area contributed by atoms with Crippen molar-refractivity contribution in [3.05, 3.63) is 45.1 Å². The Morgan fingerprint density at radius 1 is 0.960 bits per heavy atom. The van der Waals surface area contributed by atoms with E-state index in [0.717, 1.165) is 23.3 Å². The number of nitrogens with one attached hydrogen (secondary N) is 2. The Hall–Kier alpha value is -2.14. The maximum atomic E-state index is 12.7. The molecule has 0 spiro atoms. The van der Waals surface area contributed by atoms with E-state index in [4.69, 9.17) is 0 Å². The van der Waals surface area contributed by atoms with Crippen LogP contribution in [0.5, 0.6) is 0 Å². The molecule has 4 nitrogen and oxygen atoms in total. The highest BCUT2D eigenvalue weighted by Gasteiger charge is 2.17. The first-order valence-corrected chi connectivity index (χ1v) is 9.66. The van der Waals surface area contributed by atoms with Crippen LogP contribution in [0, 0.1) is 6.92 Å². The van der Waals surface area contributed by atoms with E-state index in [2.05, 4.69) is 16.7 Å². The molecule has 3 rings (SSSR count). The van der Waals surface area contributed by atoms with Crippen LogP contribution < -0.4 is 10.6 Å². The molecule has 0 fully saturated rings. The number of hydrogen-bond donors (Lipinski definition) is 2. The van der Waals surface area contributed by atoms with Gasteiger partial charge in [-0.3, -0.25) is 9.59 Å². The van der Waals surface area contributed by atoms with Crippen molar-refractivity contribution in [2.75, 3.05) is 10.6 Å². The van der Waals surface area contributed by atoms with Gasteiger partial charge in [0.05, 0.1) is 16.3 Å². The summed E-state index contributed by atoms with van der Waals surface area (Å²) in [6.07, 6.45) is 7.12. The van der Waals surface area contributed by atoms with Crippen LogP contribution in [0.1, 0.15) is 58.3 Å². The molecule has 1 aromatic heterocycles. The van der Waals surface area contributed by atoms with Crippen LogP contribution in [0.15, 0.2) is 24.3 Å². The average Bonchev–Trinajstić information content (AvgIpc) is 2.92. The van der Waals surface area contributed by atoms with Gasteiger partial charge < -0.3 is 10.6 Å². The zero-order valence-corrected chi connectivity index (χ0v) is 15.6. The van der Waals surface area contributed by atoms with Crippen LogP contribution in [0.4, 0.5) is 11.4 Å². The molecule has 1 heterocycles. The van der Waals surface area contributed by atoms with E-state index in [1.807, 2.05) is 25.1 Å². The number of amides is 2. The Kier molecular flexibility index (Phi) is 5.53. The molecule has 0 saturated carbocycles. The number of carbonyl (C=O) groups is 2. The maximum Gasteiger partial charge on any atom is 0.265 e. The number of carbonyl (C=O) groups excluding carboxylic acids is 2. The van der Waals surface area contributed by atoms with Crippen molar-refractivity contribution in [1.82, 2.24) is 0 Å². The highest BCUT2D eigenvalue weighted by Crippen LogP contribution is 2.30. The van der Waals surface area contributed by atoms with Crippen LogP contribution in [0.2, 0.25) is 0 Å². The SMILES string of the molecule is CC(=O)Nc1ccc(C)cc1NC(=O)c1cc2c(s1)CCCCCC2. The van der Waals surface area contributed by atoms with Crippen LogP contribution in [-0.2, 0) is 17.6 Å². The van der Waals surface area contributed by atoms with E-state index in [-0.39, 0.29) is 11.8 Å². The number of rotatable bonds is 3. The molecule has 0 unspecified atom stereocenters. The minimum atomic E-state index is -0.154. The zero-order valence-electron chi connectivity index (χ0n) is 14.8. The third-order valence-corrected chi connectivity index (χ3v) is 5.69. The van der Waals surface area contributed by atoms with Gasteiger partial charge in [0.2, 0.25) is 5.91 Å². The van der Waals surface area contributed by atoms with Crippen LogP contribution in [-0.4, -0.2) is 11.8 Å². The fraction of sp³-hybridized carbons (Fsp3) is 0.400. The van der Waals surface area contributed by atoms with Gasteiger partial charge in [-0.2, -0.15) is 0 Å². The molecule has 0 atom stereocenters. The molecular weight excluding hydrogens is 332 g/mol. The normalized spacial score (nSPS) is 14.2. The predicted octanol–water partition coefficient (Wildman–Crippen LogP) is 4.93. The third-order valence-electron chi connectivity index (χ3n) is 4.45. The van der Waals surface area contributed by atoms with Gasteiger partial charge in [-0.15, -0.1) is 11.3 Å². The third kappa shape index (κ3) is 4.48. The van der Waals surface area contributed by atoms with Gasteiger partial charge in [0.15, 0.2) is 0 Å². The van der Waals surface area contributed by atoms with Gasteiger partial charge in [-0.05, 0) is 61.9 Å². The molecule has 0 aliphatic heterocycles. The second-order valence-corrected chi connectivity index (χ2v) is 7.79. The summed E-state index contributed by atoms with van der Waals surface area (Å²) in [5, 5.41) is 5.74. The molecule has 0 radical (unpaired) electrons. The van der Waals surface area contributed by atoms with E-state index in [1.54, 1.807) is 11.3 Å². The van der Waals surface area contributed by atoms with Crippen molar-refractivity contribution in [3.63, 3.8) is 0 Å². The Bertz CT molecular complexity index is 769. The van der Waals surface area contributed by atoms with Gasteiger partial charge >= 0.3 is 0 Å². The molecule has 2 aromatic rings. The van der Waals surface area contributed by atoms with Crippen LogP contribution in [0.25, 0.3) is 0 Å². The second kappa shape index (κ2) is 7.83. The minimum absolute atomic E-state index is 0.103. The van der Waals surface area contributed by atoms with Crippen molar-refractivity contribution in [1.29, 1.82) is 0 Å². The van der Waals surface area contributed by atoms with Crippen molar-refractivity contribution < 1.29 is 9.59 Å². The fourth-order valence-electron chi connectivity index (χ4n) is 3.20. The predicted molar refractivity (Wildman–Crippen MR) is 104 cm³/mol. The summed E-state index contributed by atoms with van der Waals surface area (Å²) in [5.74, 6) is -0.257. The largest absolute Gasteiger partial charge is 0.325 e. The van der Waals surface area contributed by atoms with E-state index in [9.17, 15) is 9.59 Å². The average molecular weight is 356 g/mol. The van der Waals surface area contributed by atoms with E-state index < -0.39 is 0 Å². The zero-order chi connectivity index (χ0) is 17.8. The Labute approximate surface area is 152 Å². The van der Waals surface area contributed by atoms with Gasteiger partial charge in [-0.25, -0.2) is 0 Å². The lowest BCUT2D eigenvalue weighted by Crippen LogP contribution is -2.14. The monoisotopic (exact) mass is 356 g/mol. The fourth-order valence-corrected chi connectivity index (χ4v) is 4.35. The van der Waals surface area contributed by atoms with Crippen LogP contribution >= 0.6 is 11.3 Å². The number of benzene rings is 1. The standard InChI is InChI=1S/C20H24N2O2S/c1-13-9-10-16(21-14(2)23)17(11-13)22-20(24)19-12-15-7-5-3-4-6-8-18(15)25-19/h9-12H,3-8H2,1-2H3,(H,21,23)(H,22,24). The summed E-state index contributed by atoms with van der Waals surface area (Å²) >= 11 is 1.61. The molecule has 132 valence electrons. The summed E-state index contributed by atoms with van der Waals surface area (Å²) in [6.45, 7) is 3.43. The summed E-state index contributed by atoms with van der Waals surface area (Å²) in [6, 6.07) is 7.67. The Balaban J connectivity index is 1.81. The smallest absolute Gasteiger partial charge is 0.265 e. The maximum absolute atomic E-state index is 12.7. The number of fused-ring (bicyclic) bond motifs is 1. The van der Waals surface area contributed by atoms with Gasteiger partial charge in [0.1, 0.15) is 0 Å². The summed E-state index contributed by atoms with van der Waals surface area (Å²) in [7, 11) is 0. The minimum Gasteiger partial charge on any atom is -0.325 e. The Morgan fingerprint density at radius 3 is 2.48 bits per heavy atom. The topological polar surface area (TPSA) is 58.2 Å². The van der Waals surface area contributed by atoms with Gasteiger partial charge in [0, 0.05) is 11.8 Å². The first-order chi connectivity index (χ1) is 12.0. The van der Waals surface area contributed by atoms with Crippen molar-refractivity contribution >= 4 is 34.5 Å². The number of aryl methyl sites for hydroxylation is 3. The number of thiophene rings is 1. The molecule has 2 N–H and O–H groups in total. The van der Waals surface area contributed by atoms with Crippen LogP contribution in [0.3, 0.4) is 0 Å². The summed E-state index contributed by atoms with van der Waals surface area (Å²) < 4.78 is 0. The summed E-state index contributed by atoms with van der Waals surface area (Å²) in [4.78, 5) is 26.2. The summed E-state index contributed by atoms with van der Waals surface area (Å²) in [5.41, 5.74) is 3.63. The molecule has 2 amide bonds. The van der Waals surface area contributed by atoms with Gasteiger partial charge in [0.25, 0.3) is 5.91 Å². The molecule has 5 heteroatoms. The molecule has 25 heavy (non-hydrogen) atoms. The van der Waals surface area contributed by atoms with Crippen molar-refractivity contribution in [2.24, 2.45) is 0 Å². The molecule has 0 bridgehead atoms. The lowest BCUT2D eigenvalue weighted by molar-refractivity contribution is -0.114. The quantitative estimate of drug-likeness (QED) is 0.819. The molecule has 1 aliphatic rings. The number of hydrogen-bond acceptors (Lipinski definition) is 3. The van der Waals surface area contributed by atoms with E-state index >= 15 is 0 Å². The van der Waals surface area contributed by atoms with Gasteiger partial charge in [-0.1, -0.05) is 18.9 Å².